The van der Waals surface area contributed by atoms with Crippen LogP contribution in [0.25, 0.3) is 0 Å². The van der Waals surface area contributed by atoms with Gasteiger partial charge in [-0.2, -0.15) is 0 Å². The van der Waals surface area contributed by atoms with Gasteiger partial charge in [0.15, 0.2) is 9.84 Å². The van der Waals surface area contributed by atoms with E-state index in [9.17, 15) is 12.8 Å². The number of hydrogen-bond donors (Lipinski definition) is 1. The number of halogens is 1. The Hall–Kier alpha value is -0.940. The SMILES string of the molecule is Cc1cc(F)ccc1S(=O)(=O)CCC(C)N. The molecule has 1 rings (SSSR count). The number of benzene rings is 1. The molecule has 0 saturated carbocycles. The predicted molar refractivity (Wildman–Crippen MR) is 61.5 cm³/mol. The highest BCUT2D eigenvalue weighted by Crippen LogP contribution is 2.18. The molecule has 1 unspecified atom stereocenters. The first kappa shape index (κ1) is 13.1. The summed E-state index contributed by atoms with van der Waals surface area (Å²) in [7, 11) is -3.35. The summed E-state index contributed by atoms with van der Waals surface area (Å²) in [5, 5.41) is 0. The van der Waals surface area contributed by atoms with E-state index in [2.05, 4.69) is 0 Å². The molecule has 0 heterocycles. The normalized spacial score (nSPS) is 13.8. The third-order valence-electron chi connectivity index (χ3n) is 2.31. The van der Waals surface area contributed by atoms with Gasteiger partial charge in [-0.3, -0.25) is 0 Å². The number of sulfone groups is 1. The maximum Gasteiger partial charge on any atom is 0.178 e. The molecule has 2 N–H and O–H groups in total. The molecule has 0 bridgehead atoms. The van der Waals surface area contributed by atoms with Crippen LogP contribution in [0.4, 0.5) is 4.39 Å². The first-order chi connectivity index (χ1) is 7.33. The highest BCUT2D eigenvalue weighted by molar-refractivity contribution is 7.91. The van der Waals surface area contributed by atoms with Crippen LogP contribution in [0.5, 0.6) is 0 Å². The van der Waals surface area contributed by atoms with Crippen LogP contribution in [0.1, 0.15) is 18.9 Å². The first-order valence-corrected chi connectivity index (χ1v) is 6.72. The molecule has 0 aliphatic carbocycles. The molecular formula is C11H16FNO2S. The van der Waals surface area contributed by atoms with Crippen LogP contribution in [0.3, 0.4) is 0 Å². The van der Waals surface area contributed by atoms with Gasteiger partial charge in [0.05, 0.1) is 10.6 Å². The van der Waals surface area contributed by atoms with Crippen molar-refractivity contribution in [2.45, 2.75) is 31.2 Å². The molecule has 0 aliphatic heterocycles. The van der Waals surface area contributed by atoms with Crippen molar-refractivity contribution in [3.05, 3.63) is 29.6 Å². The van der Waals surface area contributed by atoms with E-state index in [-0.39, 0.29) is 16.7 Å². The monoisotopic (exact) mass is 245 g/mol. The van der Waals surface area contributed by atoms with Crippen molar-refractivity contribution in [2.75, 3.05) is 5.75 Å². The Balaban J connectivity index is 2.99. The van der Waals surface area contributed by atoms with Gasteiger partial charge in [-0.1, -0.05) is 0 Å². The zero-order valence-corrected chi connectivity index (χ0v) is 10.2. The van der Waals surface area contributed by atoms with Crippen LogP contribution in [-0.4, -0.2) is 20.2 Å². The minimum absolute atomic E-state index is 0.00284. The summed E-state index contributed by atoms with van der Waals surface area (Å²) < 4.78 is 36.6. The average molecular weight is 245 g/mol. The van der Waals surface area contributed by atoms with Crippen molar-refractivity contribution in [2.24, 2.45) is 5.73 Å². The van der Waals surface area contributed by atoms with E-state index in [0.29, 0.717) is 12.0 Å². The molecule has 3 nitrogen and oxygen atoms in total. The van der Waals surface area contributed by atoms with E-state index < -0.39 is 15.7 Å². The summed E-state index contributed by atoms with van der Waals surface area (Å²) in [6.45, 7) is 3.34. The number of rotatable bonds is 4. The third kappa shape index (κ3) is 3.28. The minimum Gasteiger partial charge on any atom is -0.328 e. The average Bonchev–Trinajstić information content (AvgIpc) is 2.14. The van der Waals surface area contributed by atoms with Crippen molar-refractivity contribution in [3.8, 4) is 0 Å². The second kappa shape index (κ2) is 4.93. The van der Waals surface area contributed by atoms with E-state index >= 15 is 0 Å². The minimum atomic E-state index is -3.35. The first-order valence-electron chi connectivity index (χ1n) is 5.07. The summed E-state index contributed by atoms with van der Waals surface area (Å²) >= 11 is 0. The topological polar surface area (TPSA) is 60.2 Å². The predicted octanol–water partition coefficient (Wildman–Crippen LogP) is 1.65. The fraction of sp³-hybridized carbons (Fsp3) is 0.455. The summed E-state index contributed by atoms with van der Waals surface area (Å²) in [5.74, 6) is -0.430. The standard InChI is InChI=1S/C11H16FNO2S/c1-8-7-10(12)3-4-11(8)16(14,15)6-5-9(2)13/h3-4,7,9H,5-6,13H2,1-2H3. The Labute approximate surface area is 95.4 Å². The van der Waals surface area contributed by atoms with Crippen molar-refractivity contribution in [3.63, 3.8) is 0 Å². The van der Waals surface area contributed by atoms with E-state index in [1.165, 1.54) is 12.1 Å². The van der Waals surface area contributed by atoms with Gasteiger partial charge in [-0.05, 0) is 44.0 Å². The van der Waals surface area contributed by atoms with Crippen LogP contribution < -0.4 is 5.73 Å². The van der Waals surface area contributed by atoms with Crippen molar-refractivity contribution in [1.29, 1.82) is 0 Å². The molecule has 0 saturated heterocycles. The fourth-order valence-corrected chi connectivity index (χ4v) is 3.14. The molecule has 0 aromatic heterocycles. The lowest BCUT2D eigenvalue weighted by molar-refractivity contribution is 0.585. The lowest BCUT2D eigenvalue weighted by atomic mass is 10.2. The molecule has 0 radical (unpaired) electrons. The lowest BCUT2D eigenvalue weighted by Gasteiger charge is -2.09. The second-order valence-electron chi connectivity index (χ2n) is 3.99. The summed E-state index contributed by atoms with van der Waals surface area (Å²) in [6.07, 6.45) is 0.402. The van der Waals surface area contributed by atoms with Gasteiger partial charge in [-0.25, -0.2) is 12.8 Å². The van der Waals surface area contributed by atoms with Gasteiger partial charge in [-0.15, -0.1) is 0 Å². The van der Waals surface area contributed by atoms with E-state index in [4.69, 9.17) is 5.73 Å². The highest BCUT2D eigenvalue weighted by atomic mass is 32.2. The molecule has 1 atom stereocenters. The highest BCUT2D eigenvalue weighted by Gasteiger charge is 2.17. The Morgan fingerprint density at radius 3 is 2.56 bits per heavy atom. The molecule has 1 aromatic carbocycles. The van der Waals surface area contributed by atoms with Gasteiger partial charge in [0, 0.05) is 6.04 Å². The summed E-state index contributed by atoms with van der Waals surface area (Å²) in [5.41, 5.74) is 5.95. The maximum absolute atomic E-state index is 12.8. The fourth-order valence-electron chi connectivity index (χ4n) is 1.41. The van der Waals surface area contributed by atoms with Crippen LogP contribution >= 0.6 is 0 Å². The van der Waals surface area contributed by atoms with Crippen LogP contribution in [0.2, 0.25) is 0 Å². The van der Waals surface area contributed by atoms with Gasteiger partial charge < -0.3 is 5.73 Å². The molecule has 0 spiro atoms. The Bertz CT molecular complexity index is 469. The Morgan fingerprint density at radius 1 is 1.44 bits per heavy atom. The zero-order chi connectivity index (χ0) is 12.3. The smallest absolute Gasteiger partial charge is 0.178 e. The van der Waals surface area contributed by atoms with Crippen molar-refractivity contribution < 1.29 is 12.8 Å². The summed E-state index contributed by atoms with van der Waals surface area (Å²) in [6, 6.07) is 3.53. The van der Waals surface area contributed by atoms with Gasteiger partial charge in [0.1, 0.15) is 5.82 Å². The lowest BCUT2D eigenvalue weighted by Crippen LogP contribution is -2.20. The van der Waals surface area contributed by atoms with Crippen LogP contribution in [0.15, 0.2) is 23.1 Å². The largest absolute Gasteiger partial charge is 0.328 e. The maximum atomic E-state index is 12.8. The molecule has 0 amide bonds. The van der Waals surface area contributed by atoms with Crippen molar-refractivity contribution >= 4 is 9.84 Å². The third-order valence-corrected chi connectivity index (χ3v) is 4.22. The second-order valence-corrected chi connectivity index (χ2v) is 6.07. The zero-order valence-electron chi connectivity index (χ0n) is 9.40. The molecule has 90 valence electrons. The van der Waals surface area contributed by atoms with E-state index in [1.54, 1.807) is 13.8 Å². The Kier molecular flexibility index (Phi) is 4.04. The number of aryl methyl sites for hydroxylation is 1. The van der Waals surface area contributed by atoms with Crippen molar-refractivity contribution in [1.82, 2.24) is 0 Å². The van der Waals surface area contributed by atoms with E-state index in [1.807, 2.05) is 0 Å². The Morgan fingerprint density at radius 2 is 2.06 bits per heavy atom. The van der Waals surface area contributed by atoms with Gasteiger partial charge in [0.25, 0.3) is 0 Å². The summed E-state index contributed by atoms with van der Waals surface area (Å²) in [4.78, 5) is 0.189. The molecule has 5 heteroatoms. The molecule has 16 heavy (non-hydrogen) atoms. The van der Waals surface area contributed by atoms with Gasteiger partial charge in [0.2, 0.25) is 0 Å². The number of nitrogens with two attached hydrogens (primary N) is 1. The van der Waals surface area contributed by atoms with E-state index in [0.717, 1.165) is 6.07 Å². The van der Waals surface area contributed by atoms with Gasteiger partial charge >= 0.3 is 0 Å². The van der Waals surface area contributed by atoms with Crippen LogP contribution in [0, 0.1) is 12.7 Å². The number of hydrogen-bond acceptors (Lipinski definition) is 3. The molecule has 0 fully saturated rings. The quantitative estimate of drug-likeness (QED) is 0.820. The van der Waals surface area contributed by atoms with Crippen LogP contribution in [-0.2, 0) is 9.84 Å². The molecular weight excluding hydrogens is 229 g/mol. The molecule has 0 aliphatic rings. The molecule has 1 aromatic rings.